The van der Waals surface area contributed by atoms with E-state index in [-0.39, 0.29) is 42.2 Å². The molecule has 1 aromatic carbocycles. The second-order valence-electron chi connectivity index (χ2n) is 7.69. The molecule has 0 bridgehead atoms. The summed E-state index contributed by atoms with van der Waals surface area (Å²) in [4.78, 5) is 24.5. The summed E-state index contributed by atoms with van der Waals surface area (Å²) in [6.07, 6.45) is 1.05. The molecule has 4 rings (SSSR count). The fourth-order valence-corrected chi connectivity index (χ4v) is 4.96. The van der Waals surface area contributed by atoms with Crippen molar-refractivity contribution in [3.8, 4) is 0 Å². The molecule has 1 atom stereocenters. The van der Waals surface area contributed by atoms with Crippen molar-refractivity contribution in [2.75, 3.05) is 25.0 Å². The number of amides is 1. The van der Waals surface area contributed by atoms with Crippen molar-refractivity contribution >= 4 is 27.4 Å². The number of sulfonamides is 1. The van der Waals surface area contributed by atoms with E-state index >= 15 is 0 Å². The van der Waals surface area contributed by atoms with Gasteiger partial charge in [-0.15, -0.1) is 0 Å². The van der Waals surface area contributed by atoms with Crippen LogP contribution in [0.25, 0.3) is 0 Å². The van der Waals surface area contributed by atoms with Crippen LogP contribution >= 0.6 is 0 Å². The number of anilines is 1. The molecule has 0 unspecified atom stereocenters. The minimum atomic E-state index is -3.76. The monoisotopic (exact) mass is 378 g/mol. The Morgan fingerprint density at radius 3 is 2.73 bits per heavy atom. The van der Waals surface area contributed by atoms with E-state index in [0.717, 1.165) is 12.8 Å². The van der Waals surface area contributed by atoms with Gasteiger partial charge in [-0.05, 0) is 50.5 Å². The maximum Gasteiger partial charge on any atom is 0.243 e. The highest BCUT2D eigenvalue weighted by Gasteiger charge is 2.42. The van der Waals surface area contributed by atoms with Crippen molar-refractivity contribution in [2.24, 2.45) is 5.92 Å². The molecule has 1 saturated heterocycles. The van der Waals surface area contributed by atoms with E-state index < -0.39 is 21.5 Å². The minimum absolute atomic E-state index is 0.00906. The van der Waals surface area contributed by atoms with Crippen LogP contribution < -0.4 is 5.32 Å². The molecule has 8 heteroatoms. The zero-order valence-electron chi connectivity index (χ0n) is 14.8. The number of hydrogen-bond acceptors (Lipinski definition) is 5. The number of carbonyl (C=O) groups is 2. The summed E-state index contributed by atoms with van der Waals surface area (Å²) in [6.45, 7) is 4.01. The van der Waals surface area contributed by atoms with Gasteiger partial charge in [0, 0.05) is 24.7 Å². The lowest BCUT2D eigenvalue weighted by atomic mass is 9.86. The third-order valence-electron chi connectivity index (χ3n) is 5.44. The number of fused-ring (bicyclic) bond motifs is 1. The predicted molar refractivity (Wildman–Crippen MR) is 94.3 cm³/mol. The van der Waals surface area contributed by atoms with Crippen molar-refractivity contribution in [1.82, 2.24) is 4.31 Å². The molecule has 2 aliphatic heterocycles. The minimum Gasteiger partial charge on any atom is -0.368 e. The molecule has 26 heavy (non-hydrogen) atoms. The van der Waals surface area contributed by atoms with Crippen LogP contribution in [0.3, 0.4) is 0 Å². The largest absolute Gasteiger partial charge is 0.368 e. The fraction of sp³-hybridized carbons (Fsp3) is 0.556. The van der Waals surface area contributed by atoms with Crippen LogP contribution in [0.5, 0.6) is 0 Å². The fourth-order valence-electron chi connectivity index (χ4n) is 3.51. The van der Waals surface area contributed by atoms with Gasteiger partial charge in [0.25, 0.3) is 0 Å². The van der Waals surface area contributed by atoms with Crippen LogP contribution in [0.4, 0.5) is 5.69 Å². The normalized spacial score (nSPS) is 25.6. The number of nitrogens with one attached hydrogen (secondary N) is 1. The molecule has 2 fully saturated rings. The van der Waals surface area contributed by atoms with Crippen molar-refractivity contribution in [1.29, 1.82) is 0 Å². The van der Waals surface area contributed by atoms with Crippen LogP contribution in [0.1, 0.15) is 32.3 Å². The molecule has 1 N–H and O–H groups in total. The Kier molecular flexibility index (Phi) is 3.98. The second kappa shape index (κ2) is 5.87. The first-order valence-electron chi connectivity index (χ1n) is 8.83. The highest BCUT2D eigenvalue weighted by Crippen LogP contribution is 2.39. The lowest BCUT2D eigenvalue weighted by molar-refractivity contribution is -0.135. The number of carbonyl (C=O) groups excluding carboxylic acids is 2. The summed E-state index contributed by atoms with van der Waals surface area (Å²) in [5.74, 6) is -0.112. The average Bonchev–Trinajstić information content (AvgIpc) is 3.43. The van der Waals surface area contributed by atoms with E-state index in [4.69, 9.17) is 4.74 Å². The zero-order chi connectivity index (χ0) is 18.7. The molecule has 3 aliphatic rings. The van der Waals surface area contributed by atoms with E-state index in [0.29, 0.717) is 11.3 Å². The first kappa shape index (κ1) is 17.6. The number of Topliss-reactive ketones (excluding diaryl/α,β-unsaturated/α-hetero) is 1. The lowest BCUT2D eigenvalue weighted by Crippen LogP contribution is -2.48. The highest BCUT2D eigenvalue weighted by molar-refractivity contribution is 7.89. The Balaban J connectivity index is 1.62. The van der Waals surface area contributed by atoms with E-state index in [2.05, 4.69) is 5.32 Å². The third-order valence-corrected chi connectivity index (χ3v) is 7.31. The molecule has 1 aromatic rings. The van der Waals surface area contributed by atoms with Gasteiger partial charge in [0.05, 0.1) is 16.9 Å². The van der Waals surface area contributed by atoms with Gasteiger partial charge in [-0.25, -0.2) is 8.42 Å². The topological polar surface area (TPSA) is 92.8 Å². The highest BCUT2D eigenvalue weighted by atomic mass is 32.2. The van der Waals surface area contributed by atoms with Gasteiger partial charge >= 0.3 is 0 Å². The van der Waals surface area contributed by atoms with E-state index in [1.165, 1.54) is 10.4 Å². The maximum absolute atomic E-state index is 13.1. The second-order valence-corrected chi connectivity index (χ2v) is 9.62. The van der Waals surface area contributed by atoms with Crippen LogP contribution in [0.2, 0.25) is 0 Å². The summed E-state index contributed by atoms with van der Waals surface area (Å²) in [6, 6.07) is 4.70. The van der Waals surface area contributed by atoms with Gasteiger partial charge in [0.1, 0.15) is 6.10 Å². The molecule has 1 aliphatic carbocycles. The van der Waals surface area contributed by atoms with Crippen LogP contribution in [-0.4, -0.2) is 50.2 Å². The molecule has 7 nitrogen and oxygen atoms in total. The van der Waals surface area contributed by atoms with E-state index in [1.54, 1.807) is 26.0 Å². The van der Waals surface area contributed by atoms with Gasteiger partial charge in [-0.1, -0.05) is 0 Å². The van der Waals surface area contributed by atoms with Gasteiger partial charge < -0.3 is 10.1 Å². The van der Waals surface area contributed by atoms with Crippen molar-refractivity contribution in [3.05, 3.63) is 23.8 Å². The summed E-state index contributed by atoms with van der Waals surface area (Å²) < 4.78 is 33.0. The van der Waals surface area contributed by atoms with Gasteiger partial charge in [-0.2, -0.15) is 4.31 Å². The average molecular weight is 378 g/mol. The number of rotatable bonds is 4. The third kappa shape index (κ3) is 2.76. The van der Waals surface area contributed by atoms with Gasteiger partial charge in [0.2, 0.25) is 15.9 Å². The Morgan fingerprint density at radius 2 is 2.04 bits per heavy atom. The Morgan fingerprint density at radius 1 is 1.31 bits per heavy atom. The van der Waals surface area contributed by atoms with E-state index in [1.807, 2.05) is 0 Å². The van der Waals surface area contributed by atoms with Crippen LogP contribution in [-0.2, 0) is 29.8 Å². The van der Waals surface area contributed by atoms with Crippen molar-refractivity contribution in [3.63, 3.8) is 0 Å². The standard InChI is InChI=1S/C18H22N2O5S/c1-18(2)13-9-12(5-6-14(13)19-17(18)22)26(23,24)20-7-8-25-15(10-20)16(21)11-3-4-11/h5-6,9,11,15H,3-4,7-8,10H2,1-2H3,(H,19,22)/t15-/m1/s1. The summed E-state index contributed by atoms with van der Waals surface area (Å²) in [5.41, 5.74) is 0.529. The molecular formula is C18H22N2O5S. The first-order chi connectivity index (χ1) is 12.2. The SMILES string of the molecule is CC1(C)C(=O)Nc2ccc(S(=O)(=O)N3CCO[C@@H](C(=O)C4CC4)C3)cc21. The Hall–Kier alpha value is -1.77. The smallest absolute Gasteiger partial charge is 0.243 e. The number of ketones is 1. The maximum atomic E-state index is 13.1. The molecule has 1 saturated carbocycles. The summed E-state index contributed by atoms with van der Waals surface area (Å²) in [5, 5.41) is 2.78. The van der Waals surface area contributed by atoms with Gasteiger partial charge in [0.15, 0.2) is 5.78 Å². The molecule has 1 amide bonds. The predicted octanol–water partition coefficient (Wildman–Crippen LogP) is 1.28. The summed E-state index contributed by atoms with van der Waals surface area (Å²) in [7, 11) is -3.76. The Bertz CT molecular complexity index is 889. The van der Waals surface area contributed by atoms with Crippen molar-refractivity contribution in [2.45, 2.75) is 43.1 Å². The molecule has 0 spiro atoms. The number of ether oxygens (including phenoxy) is 1. The molecular weight excluding hydrogens is 356 g/mol. The number of benzene rings is 1. The number of hydrogen-bond donors (Lipinski definition) is 1. The van der Waals surface area contributed by atoms with Crippen LogP contribution in [0.15, 0.2) is 23.1 Å². The van der Waals surface area contributed by atoms with Crippen LogP contribution in [0, 0.1) is 5.92 Å². The first-order valence-corrected chi connectivity index (χ1v) is 10.3. The quantitative estimate of drug-likeness (QED) is 0.852. The van der Waals surface area contributed by atoms with E-state index in [9.17, 15) is 18.0 Å². The number of nitrogens with zero attached hydrogens (tertiary/aromatic N) is 1. The molecule has 140 valence electrons. The molecule has 0 aromatic heterocycles. The summed E-state index contributed by atoms with van der Waals surface area (Å²) >= 11 is 0. The molecule has 2 heterocycles. The zero-order valence-corrected chi connectivity index (χ0v) is 15.6. The van der Waals surface area contributed by atoms with Crippen molar-refractivity contribution < 1.29 is 22.7 Å². The lowest BCUT2D eigenvalue weighted by Gasteiger charge is -2.31. The number of morpholine rings is 1. The Labute approximate surface area is 152 Å². The molecule has 0 radical (unpaired) electrons. The van der Waals surface area contributed by atoms with Gasteiger partial charge in [-0.3, -0.25) is 9.59 Å².